The number of fused-ring (bicyclic) bond motifs is 1. The number of hydrogen-bond donors (Lipinski definition) is 1. The predicted octanol–water partition coefficient (Wildman–Crippen LogP) is -0.579. The molecule has 0 spiro atoms. The van der Waals surface area contributed by atoms with Crippen LogP contribution in [0.15, 0.2) is 12.2 Å². The number of rotatable bonds is 4. The van der Waals surface area contributed by atoms with Gasteiger partial charge in [0.25, 0.3) is 5.91 Å². The minimum atomic E-state index is -1.11. The summed E-state index contributed by atoms with van der Waals surface area (Å²) in [7, 11) is 0. The van der Waals surface area contributed by atoms with E-state index in [1.54, 1.807) is 0 Å². The SMILES string of the molecule is C[C@@H](C(=O)OCC(=O)N1CCNC1=O)N1C(=O)[C@@H]2CC=CC[C@H]2C1=O. The molecule has 0 aromatic heterocycles. The second-order valence-electron chi connectivity index (χ2n) is 6.26. The average Bonchev–Trinajstić information content (AvgIpc) is 3.14. The molecule has 25 heavy (non-hydrogen) atoms. The number of allylic oxidation sites excluding steroid dienone is 2. The second-order valence-corrected chi connectivity index (χ2v) is 6.26. The van der Waals surface area contributed by atoms with Crippen molar-refractivity contribution in [2.75, 3.05) is 19.7 Å². The van der Waals surface area contributed by atoms with Gasteiger partial charge in [-0.3, -0.25) is 24.2 Å². The third kappa shape index (κ3) is 3.01. The number of imide groups is 2. The molecular formula is C16H19N3O6. The number of hydrogen-bond acceptors (Lipinski definition) is 6. The zero-order valence-electron chi connectivity index (χ0n) is 13.8. The van der Waals surface area contributed by atoms with E-state index in [4.69, 9.17) is 4.74 Å². The van der Waals surface area contributed by atoms with Crippen LogP contribution in [0.3, 0.4) is 0 Å². The summed E-state index contributed by atoms with van der Waals surface area (Å²) >= 11 is 0. The van der Waals surface area contributed by atoms with Gasteiger partial charge in [0, 0.05) is 13.1 Å². The average molecular weight is 349 g/mol. The quantitative estimate of drug-likeness (QED) is 0.413. The summed E-state index contributed by atoms with van der Waals surface area (Å²) in [6.07, 6.45) is 4.68. The number of carbonyl (C=O) groups is 5. The van der Waals surface area contributed by atoms with E-state index in [0.29, 0.717) is 19.4 Å². The molecule has 0 bridgehead atoms. The molecule has 2 fully saturated rings. The third-order valence-electron chi connectivity index (χ3n) is 4.77. The molecule has 5 amide bonds. The van der Waals surface area contributed by atoms with Gasteiger partial charge in [0.05, 0.1) is 11.8 Å². The van der Waals surface area contributed by atoms with Crippen LogP contribution in [0.25, 0.3) is 0 Å². The minimum absolute atomic E-state index is 0.213. The lowest BCUT2D eigenvalue weighted by Crippen LogP contribution is -2.45. The molecule has 0 unspecified atom stereocenters. The van der Waals surface area contributed by atoms with Crippen LogP contribution in [0, 0.1) is 11.8 Å². The van der Waals surface area contributed by atoms with Crippen LogP contribution in [0.1, 0.15) is 19.8 Å². The lowest BCUT2D eigenvalue weighted by atomic mass is 9.85. The fourth-order valence-electron chi connectivity index (χ4n) is 3.35. The molecule has 1 aliphatic carbocycles. The van der Waals surface area contributed by atoms with E-state index in [2.05, 4.69) is 5.32 Å². The Kier molecular flexibility index (Phi) is 4.56. The molecule has 0 saturated carbocycles. The Morgan fingerprint density at radius 3 is 2.32 bits per heavy atom. The third-order valence-corrected chi connectivity index (χ3v) is 4.77. The molecule has 9 nitrogen and oxygen atoms in total. The Balaban J connectivity index is 1.59. The van der Waals surface area contributed by atoms with E-state index in [0.717, 1.165) is 9.80 Å². The van der Waals surface area contributed by atoms with Crippen LogP contribution in [-0.4, -0.2) is 65.3 Å². The maximum Gasteiger partial charge on any atom is 0.329 e. The smallest absolute Gasteiger partial charge is 0.329 e. The highest BCUT2D eigenvalue weighted by Crippen LogP contribution is 2.36. The van der Waals surface area contributed by atoms with Gasteiger partial charge in [-0.2, -0.15) is 0 Å². The Labute approximate surface area is 143 Å². The van der Waals surface area contributed by atoms with E-state index < -0.39 is 42.4 Å². The van der Waals surface area contributed by atoms with Crippen molar-refractivity contribution in [1.82, 2.24) is 15.1 Å². The first-order valence-corrected chi connectivity index (χ1v) is 8.18. The molecule has 0 radical (unpaired) electrons. The van der Waals surface area contributed by atoms with Gasteiger partial charge < -0.3 is 10.1 Å². The highest BCUT2D eigenvalue weighted by Gasteiger charge is 2.50. The molecule has 0 aromatic carbocycles. The minimum Gasteiger partial charge on any atom is -0.454 e. The summed E-state index contributed by atoms with van der Waals surface area (Å²) in [4.78, 5) is 62.2. The molecule has 3 atom stereocenters. The number of urea groups is 1. The number of likely N-dealkylation sites (tertiary alicyclic amines) is 1. The van der Waals surface area contributed by atoms with Crippen LogP contribution in [0.5, 0.6) is 0 Å². The van der Waals surface area contributed by atoms with Gasteiger partial charge in [0.1, 0.15) is 6.04 Å². The summed E-state index contributed by atoms with van der Waals surface area (Å²) in [5, 5.41) is 2.47. The van der Waals surface area contributed by atoms with Crippen molar-refractivity contribution < 1.29 is 28.7 Å². The van der Waals surface area contributed by atoms with Gasteiger partial charge in [0.2, 0.25) is 11.8 Å². The maximum atomic E-state index is 12.4. The van der Waals surface area contributed by atoms with Crippen molar-refractivity contribution in [3.8, 4) is 0 Å². The molecule has 3 aliphatic rings. The van der Waals surface area contributed by atoms with Crippen molar-refractivity contribution in [3.63, 3.8) is 0 Å². The van der Waals surface area contributed by atoms with Crippen LogP contribution in [0.4, 0.5) is 4.79 Å². The molecule has 1 N–H and O–H groups in total. The maximum absolute atomic E-state index is 12.4. The van der Waals surface area contributed by atoms with Crippen molar-refractivity contribution in [2.24, 2.45) is 11.8 Å². The Bertz CT molecular complexity index is 647. The van der Waals surface area contributed by atoms with E-state index in [1.807, 2.05) is 12.2 Å². The van der Waals surface area contributed by atoms with Crippen molar-refractivity contribution in [2.45, 2.75) is 25.8 Å². The van der Waals surface area contributed by atoms with E-state index in [9.17, 15) is 24.0 Å². The zero-order valence-corrected chi connectivity index (χ0v) is 13.8. The topological polar surface area (TPSA) is 113 Å². The number of carbonyl (C=O) groups excluding carboxylic acids is 5. The molecular weight excluding hydrogens is 330 g/mol. The summed E-state index contributed by atoms with van der Waals surface area (Å²) in [5.41, 5.74) is 0. The number of nitrogens with zero attached hydrogens (tertiary/aromatic N) is 2. The fraction of sp³-hybridized carbons (Fsp3) is 0.562. The van der Waals surface area contributed by atoms with Gasteiger partial charge >= 0.3 is 12.0 Å². The second kappa shape index (κ2) is 6.66. The van der Waals surface area contributed by atoms with Crippen LogP contribution in [-0.2, 0) is 23.9 Å². The highest BCUT2D eigenvalue weighted by atomic mass is 16.5. The van der Waals surface area contributed by atoms with Crippen LogP contribution in [0.2, 0.25) is 0 Å². The van der Waals surface area contributed by atoms with Gasteiger partial charge in [0.15, 0.2) is 6.61 Å². The first kappa shape index (κ1) is 17.1. The van der Waals surface area contributed by atoms with Crippen LogP contribution >= 0.6 is 0 Å². The normalized spacial score (nSPS) is 26.5. The molecule has 134 valence electrons. The molecule has 2 aliphatic heterocycles. The molecule has 9 heteroatoms. The lowest BCUT2D eigenvalue weighted by molar-refractivity contribution is -0.160. The van der Waals surface area contributed by atoms with Gasteiger partial charge in [-0.25, -0.2) is 9.59 Å². The zero-order chi connectivity index (χ0) is 18.1. The lowest BCUT2D eigenvalue weighted by Gasteiger charge is -2.22. The van der Waals surface area contributed by atoms with E-state index >= 15 is 0 Å². The van der Waals surface area contributed by atoms with Crippen molar-refractivity contribution >= 4 is 29.7 Å². The summed E-state index contributed by atoms with van der Waals surface area (Å²) in [6.45, 7) is 1.35. The Morgan fingerprint density at radius 2 is 1.80 bits per heavy atom. The number of ether oxygens (including phenoxy) is 1. The fourth-order valence-corrected chi connectivity index (χ4v) is 3.35. The van der Waals surface area contributed by atoms with Crippen LogP contribution < -0.4 is 5.32 Å². The molecule has 0 aromatic rings. The van der Waals surface area contributed by atoms with Gasteiger partial charge in [-0.1, -0.05) is 12.2 Å². The first-order chi connectivity index (χ1) is 11.9. The number of amides is 5. The largest absolute Gasteiger partial charge is 0.454 e. The van der Waals surface area contributed by atoms with E-state index in [-0.39, 0.29) is 18.4 Å². The Morgan fingerprint density at radius 1 is 1.20 bits per heavy atom. The number of esters is 1. The summed E-state index contributed by atoms with van der Waals surface area (Å²) in [5.74, 6) is -3.11. The van der Waals surface area contributed by atoms with Crippen molar-refractivity contribution in [1.29, 1.82) is 0 Å². The van der Waals surface area contributed by atoms with Crippen molar-refractivity contribution in [3.05, 3.63) is 12.2 Å². The highest BCUT2D eigenvalue weighted by molar-refractivity contribution is 6.08. The summed E-state index contributed by atoms with van der Waals surface area (Å²) < 4.78 is 4.92. The van der Waals surface area contributed by atoms with E-state index in [1.165, 1.54) is 6.92 Å². The molecule has 3 rings (SSSR count). The standard InChI is InChI=1S/C16H19N3O6/c1-9(15(23)25-8-12(20)18-7-6-17-16(18)24)19-13(21)10-4-2-3-5-11(10)14(19)22/h2-3,9-11H,4-8H2,1H3,(H,17,24)/t9-,10+,11+/m0/s1. The Hall–Kier alpha value is -2.71. The number of nitrogens with one attached hydrogen (secondary N) is 1. The molecule has 2 heterocycles. The summed E-state index contributed by atoms with van der Waals surface area (Å²) in [6, 6.07) is -1.64. The molecule has 2 saturated heterocycles. The monoisotopic (exact) mass is 349 g/mol. The first-order valence-electron chi connectivity index (χ1n) is 8.18. The van der Waals surface area contributed by atoms with Gasteiger partial charge in [-0.05, 0) is 19.8 Å². The predicted molar refractivity (Wildman–Crippen MR) is 82.7 cm³/mol. The van der Waals surface area contributed by atoms with Gasteiger partial charge in [-0.15, -0.1) is 0 Å².